The number of carbonyl (C=O) groups is 1. The monoisotopic (exact) mass is 321 g/mol. The second-order valence-corrected chi connectivity index (χ2v) is 7.05. The number of carbonyl (C=O) groups excluding carboxylic acids is 1. The summed E-state index contributed by atoms with van der Waals surface area (Å²) in [7, 11) is 0. The van der Waals surface area contributed by atoms with Crippen LogP contribution >= 0.6 is 0 Å². The van der Waals surface area contributed by atoms with E-state index in [4.69, 9.17) is 4.74 Å². The Kier molecular flexibility index (Phi) is 3.79. The molecule has 0 saturated heterocycles. The minimum Gasteiger partial charge on any atom is -0.480 e. The fraction of sp³-hybridized carbons (Fsp3) is 0.381. The first-order chi connectivity index (χ1) is 11.6. The van der Waals surface area contributed by atoms with Crippen LogP contribution in [-0.2, 0) is 11.3 Å². The molecule has 1 heterocycles. The maximum atomic E-state index is 13.2. The van der Waals surface area contributed by atoms with Crippen molar-refractivity contribution in [1.82, 2.24) is 4.90 Å². The molecule has 2 aromatic rings. The van der Waals surface area contributed by atoms with Crippen molar-refractivity contribution in [2.75, 3.05) is 0 Å². The largest absolute Gasteiger partial charge is 0.480 e. The highest BCUT2D eigenvalue weighted by Crippen LogP contribution is 2.40. The van der Waals surface area contributed by atoms with E-state index in [1.165, 1.54) is 11.1 Å². The Hall–Kier alpha value is -2.29. The van der Waals surface area contributed by atoms with Gasteiger partial charge in [0.1, 0.15) is 5.75 Å². The predicted molar refractivity (Wildman–Crippen MR) is 94.0 cm³/mol. The van der Waals surface area contributed by atoms with Crippen molar-refractivity contribution in [3.05, 3.63) is 65.2 Å². The van der Waals surface area contributed by atoms with Crippen LogP contribution in [0.25, 0.3) is 0 Å². The normalized spacial score (nSPS) is 21.9. The summed E-state index contributed by atoms with van der Waals surface area (Å²) in [5.74, 6) is 1.09. The number of benzene rings is 2. The van der Waals surface area contributed by atoms with Crippen LogP contribution in [0.15, 0.2) is 48.5 Å². The summed E-state index contributed by atoms with van der Waals surface area (Å²) in [5.41, 5.74) is 3.56. The van der Waals surface area contributed by atoms with E-state index in [2.05, 4.69) is 44.2 Å². The van der Waals surface area contributed by atoms with Crippen molar-refractivity contribution in [3.63, 3.8) is 0 Å². The Bertz CT molecular complexity index is 766. The van der Waals surface area contributed by atoms with E-state index < -0.39 is 6.10 Å². The first kappa shape index (κ1) is 15.3. The molecule has 0 N–H and O–H groups in total. The molecule has 1 amide bonds. The zero-order valence-electron chi connectivity index (χ0n) is 14.2. The number of rotatable bonds is 4. The number of hydrogen-bond donors (Lipinski definition) is 0. The Morgan fingerprint density at radius 3 is 2.67 bits per heavy atom. The molecule has 2 atom stereocenters. The smallest absolute Gasteiger partial charge is 0.264 e. The molecule has 0 radical (unpaired) electrons. The highest BCUT2D eigenvalue weighted by atomic mass is 16.5. The van der Waals surface area contributed by atoms with Gasteiger partial charge in [-0.15, -0.1) is 0 Å². The van der Waals surface area contributed by atoms with Crippen LogP contribution in [0.3, 0.4) is 0 Å². The number of amides is 1. The zero-order valence-corrected chi connectivity index (χ0v) is 14.2. The Morgan fingerprint density at radius 2 is 1.96 bits per heavy atom. The minimum atomic E-state index is -0.396. The molecular weight excluding hydrogens is 298 g/mol. The molecule has 124 valence electrons. The molecule has 2 aromatic carbocycles. The lowest BCUT2D eigenvalue weighted by atomic mass is 9.96. The molecule has 0 aromatic heterocycles. The average Bonchev–Trinajstić information content (AvgIpc) is 3.37. The summed E-state index contributed by atoms with van der Waals surface area (Å²) in [5, 5.41) is 0. The van der Waals surface area contributed by atoms with Crippen molar-refractivity contribution in [3.8, 4) is 5.75 Å². The van der Waals surface area contributed by atoms with Gasteiger partial charge in [0.15, 0.2) is 6.10 Å². The van der Waals surface area contributed by atoms with Crippen LogP contribution in [0.1, 0.15) is 42.4 Å². The molecule has 0 spiro atoms. The number of ether oxygens (including phenoxy) is 1. The topological polar surface area (TPSA) is 29.5 Å². The van der Waals surface area contributed by atoms with Gasteiger partial charge in [-0.1, -0.05) is 55.0 Å². The van der Waals surface area contributed by atoms with Crippen molar-refractivity contribution >= 4 is 5.91 Å². The Morgan fingerprint density at radius 1 is 1.17 bits per heavy atom. The molecule has 4 rings (SSSR count). The van der Waals surface area contributed by atoms with Crippen LogP contribution in [0.5, 0.6) is 5.75 Å². The quantitative estimate of drug-likeness (QED) is 0.850. The Labute approximate surface area is 143 Å². The molecule has 0 bridgehead atoms. The summed E-state index contributed by atoms with van der Waals surface area (Å²) in [4.78, 5) is 15.2. The van der Waals surface area contributed by atoms with E-state index in [9.17, 15) is 4.79 Å². The molecule has 2 unspecified atom stereocenters. The predicted octanol–water partition coefficient (Wildman–Crippen LogP) is 4.05. The molecule has 3 nitrogen and oxygen atoms in total. The third-order valence-electron chi connectivity index (χ3n) is 5.07. The lowest BCUT2D eigenvalue weighted by Gasteiger charge is -2.27. The average molecular weight is 321 g/mol. The highest BCUT2D eigenvalue weighted by Gasteiger charge is 2.42. The maximum absolute atomic E-state index is 13.2. The Balaban J connectivity index is 1.55. The fourth-order valence-corrected chi connectivity index (χ4v) is 3.57. The van der Waals surface area contributed by atoms with Crippen LogP contribution in [0.4, 0.5) is 0 Å². The van der Waals surface area contributed by atoms with Crippen LogP contribution in [0, 0.1) is 6.92 Å². The van der Waals surface area contributed by atoms with Gasteiger partial charge in [0, 0.05) is 24.1 Å². The number of hydrogen-bond acceptors (Lipinski definition) is 2. The maximum Gasteiger partial charge on any atom is 0.264 e. The lowest BCUT2D eigenvalue weighted by molar-refractivity contribution is -0.140. The number of nitrogens with zero attached hydrogens (tertiary/aromatic N) is 1. The van der Waals surface area contributed by atoms with E-state index >= 15 is 0 Å². The third-order valence-corrected chi connectivity index (χ3v) is 5.07. The second-order valence-electron chi connectivity index (χ2n) is 7.05. The SMILES string of the molecule is Cc1cccc(CN(C(=O)C2Oc3ccccc3C2C)C2CC2)c1. The summed E-state index contributed by atoms with van der Waals surface area (Å²) in [6.07, 6.45) is 1.81. The fourth-order valence-electron chi connectivity index (χ4n) is 3.57. The third kappa shape index (κ3) is 2.79. The molecule has 2 aliphatic rings. The number of aryl methyl sites for hydroxylation is 1. The van der Waals surface area contributed by atoms with E-state index in [1.807, 2.05) is 23.1 Å². The van der Waals surface area contributed by atoms with Crippen LogP contribution < -0.4 is 4.74 Å². The van der Waals surface area contributed by atoms with Gasteiger partial charge in [0.05, 0.1) is 0 Å². The van der Waals surface area contributed by atoms with Crippen molar-refractivity contribution in [2.45, 2.75) is 51.3 Å². The molecule has 1 aliphatic carbocycles. The van der Waals surface area contributed by atoms with E-state index in [1.54, 1.807) is 0 Å². The highest BCUT2D eigenvalue weighted by molar-refractivity contribution is 5.84. The van der Waals surface area contributed by atoms with Crippen LogP contribution in [0.2, 0.25) is 0 Å². The number of para-hydroxylation sites is 1. The van der Waals surface area contributed by atoms with Gasteiger partial charge in [-0.25, -0.2) is 0 Å². The van der Waals surface area contributed by atoms with Gasteiger partial charge in [-0.2, -0.15) is 0 Å². The van der Waals surface area contributed by atoms with E-state index in [-0.39, 0.29) is 11.8 Å². The van der Waals surface area contributed by atoms with Gasteiger partial charge in [0.2, 0.25) is 0 Å². The first-order valence-corrected chi connectivity index (χ1v) is 8.75. The summed E-state index contributed by atoms with van der Waals surface area (Å²) in [6, 6.07) is 16.8. The van der Waals surface area contributed by atoms with E-state index in [0.717, 1.165) is 24.2 Å². The molecular formula is C21H23NO2. The van der Waals surface area contributed by atoms with Gasteiger partial charge < -0.3 is 9.64 Å². The molecule has 1 aliphatic heterocycles. The zero-order chi connectivity index (χ0) is 16.7. The summed E-state index contributed by atoms with van der Waals surface area (Å²) >= 11 is 0. The molecule has 24 heavy (non-hydrogen) atoms. The van der Waals surface area contributed by atoms with Crippen molar-refractivity contribution in [2.24, 2.45) is 0 Å². The molecule has 1 saturated carbocycles. The van der Waals surface area contributed by atoms with Gasteiger partial charge in [-0.05, 0) is 31.4 Å². The first-order valence-electron chi connectivity index (χ1n) is 8.75. The standard InChI is InChI=1S/C21H23NO2/c1-14-6-5-7-16(12-14)13-22(17-10-11-17)21(23)20-15(2)18-8-3-4-9-19(18)24-20/h3-9,12,15,17,20H,10-11,13H2,1-2H3. The summed E-state index contributed by atoms with van der Waals surface area (Å²) < 4.78 is 6.01. The van der Waals surface area contributed by atoms with Crippen molar-refractivity contribution < 1.29 is 9.53 Å². The molecule has 3 heteroatoms. The minimum absolute atomic E-state index is 0.104. The van der Waals surface area contributed by atoms with Gasteiger partial charge in [0.25, 0.3) is 5.91 Å². The van der Waals surface area contributed by atoms with Crippen molar-refractivity contribution in [1.29, 1.82) is 0 Å². The van der Waals surface area contributed by atoms with Gasteiger partial charge >= 0.3 is 0 Å². The van der Waals surface area contributed by atoms with Crippen LogP contribution in [-0.4, -0.2) is 23.0 Å². The number of fused-ring (bicyclic) bond motifs is 1. The second kappa shape index (κ2) is 5.97. The van der Waals surface area contributed by atoms with E-state index in [0.29, 0.717) is 12.6 Å². The summed E-state index contributed by atoms with van der Waals surface area (Å²) in [6.45, 7) is 4.85. The van der Waals surface area contributed by atoms with Gasteiger partial charge in [-0.3, -0.25) is 4.79 Å². The molecule has 1 fully saturated rings. The lowest BCUT2D eigenvalue weighted by Crippen LogP contribution is -2.43.